The normalized spacial score (nSPS) is 27.5. The molecule has 0 aromatic heterocycles. The number of esters is 1. The van der Waals surface area contributed by atoms with Crippen LogP contribution in [0, 0.1) is 5.92 Å². The van der Waals surface area contributed by atoms with Crippen molar-refractivity contribution in [3.05, 3.63) is 29.8 Å². The minimum Gasteiger partial charge on any atom is -0.469 e. The maximum absolute atomic E-state index is 11.9. The number of hydrogen-bond donors (Lipinski definition) is 0. The van der Waals surface area contributed by atoms with Gasteiger partial charge in [0.05, 0.1) is 13.0 Å². The molecule has 1 heterocycles. The van der Waals surface area contributed by atoms with E-state index in [1.165, 1.54) is 12.7 Å². The summed E-state index contributed by atoms with van der Waals surface area (Å²) in [5, 5.41) is 0. The zero-order valence-electron chi connectivity index (χ0n) is 12.6. The number of anilines is 1. The van der Waals surface area contributed by atoms with Crippen molar-refractivity contribution >= 4 is 17.6 Å². The van der Waals surface area contributed by atoms with Crippen LogP contribution in [-0.4, -0.2) is 25.5 Å². The van der Waals surface area contributed by atoms with E-state index in [4.69, 9.17) is 4.74 Å². The van der Waals surface area contributed by atoms with Crippen LogP contribution < -0.4 is 4.90 Å². The smallest absolute Gasteiger partial charge is 0.308 e. The van der Waals surface area contributed by atoms with Crippen LogP contribution >= 0.6 is 0 Å². The molecule has 4 nitrogen and oxygen atoms in total. The SMILES string of the molecule is COC(=O)C1CCC2(CC1)CN(C(C)=O)c1ccccc12. The van der Waals surface area contributed by atoms with Crippen LogP contribution in [0.25, 0.3) is 0 Å². The number of fused-ring (bicyclic) bond motifs is 2. The van der Waals surface area contributed by atoms with Crippen LogP contribution in [0.5, 0.6) is 0 Å². The standard InChI is InChI=1S/C17H21NO3/c1-12(19)18-11-17(14-5-3-4-6-15(14)18)9-7-13(8-10-17)16(20)21-2/h3-6,13H,7-11H2,1-2H3. The van der Waals surface area contributed by atoms with Gasteiger partial charge < -0.3 is 9.64 Å². The first-order valence-corrected chi connectivity index (χ1v) is 7.53. The predicted octanol–water partition coefficient (Wildman–Crippen LogP) is 2.65. The van der Waals surface area contributed by atoms with E-state index in [0.29, 0.717) is 0 Å². The van der Waals surface area contributed by atoms with Crippen LogP contribution in [0.4, 0.5) is 5.69 Å². The monoisotopic (exact) mass is 287 g/mol. The summed E-state index contributed by atoms with van der Waals surface area (Å²) in [5.74, 6) is 0.00754. The molecule has 0 unspecified atom stereocenters. The van der Waals surface area contributed by atoms with E-state index in [0.717, 1.165) is 37.9 Å². The number of amides is 1. The van der Waals surface area contributed by atoms with Gasteiger partial charge in [-0.3, -0.25) is 9.59 Å². The molecular formula is C17H21NO3. The molecule has 0 atom stereocenters. The summed E-state index contributed by atoms with van der Waals surface area (Å²) in [4.78, 5) is 25.5. The van der Waals surface area contributed by atoms with Gasteiger partial charge in [-0.05, 0) is 37.3 Å². The topological polar surface area (TPSA) is 46.6 Å². The third kappa shape index (κ3) is 2.23. The fraction of sp³-hybridized carbons (Fsp3) is 0.529. The molecule has 3 rings (SSSR count). The van der Waals surface area contributed by atoms with Crippen molar-refractivity contribution < 1.29 is 14.3 Å². The Balaban J connectivity index is 1.88. The van der Waals surface area contributed by atoms with Gasteiger partial charge in [0.2, 0.25) is 5.91 Å². The predicted molar refractivity (Wildman–Crippen MR) is 80.1 cm³/mol. The molecule has 1 amide bonds. The van der Waals surface area contributed by atoms with Gasteiger partial charge in [-0.15, -0.1) is 0 Å². The largest absolute Gasteiger partial charge is 0.469 e. The van der Waals surface area contributed by atoms with Crippen LogP contribution in [0.3, 0.4) is 0 Å². The Bertz CT molecular complexity index is 573. The molecule has 0 bridgehead atoms. The number of ether oxygens (including phenoxy) is 1. The number of para-hydroxylation sites is 1. The highest BCUT2D eigenvalue weighted by Gasteiger charge is 2.46. The Morgan fingerprint density at radius 1 is 1.24 bits per heavy atom. The highest BCUT2D eigenvalue weighted by atomic mass is 16.5. The summed E-state index contributed by atoms with van der Waals surface area (Å²) in [6.07, 6.45) is 3.56. The first-order chi connectivity index (χ1) is 10.1. The zero-order chi connectivity index (χ0) is 15.0. The highest BCUT2D eigenvalue weighted by molar-refractivity contribution is 5.94. The second-order valence-electron chi connectivity index (χ2n) is 6.20. The summed E-state index contributed by atoms with van der Waals surface area (Å²) in [7, 11) is 1.45. The minimum absolute atomic E-state index is 0.0131. The van der Waals surface area contributed by atoms with E-state index in [1.54, 1.807) is 6.92 Å². The number of nitrogens with zero attached hydrogens (tertiary/aromatic N) is 1. The van der Waals surface area contributed by atoms with Gasteiger partial charge in [-0.1, -0.05) is 18.2 Å². The van der Waals surface area contributed by atoms with Gasteiger partial charge in [0, 0.05) is 24.6 Å². The molecule has 1 aliphatic heterocycles. The summed E-state index contributed by atoms with van der Waals surface area (Å²) in [6.45, 7) is 2.37. The number of hydrogen-bond acceptors (Lipinski definition) is 3. The lowest BCUT2D eigenvalue weighted by molar-refractivity contribution is -0.147. The first-order valence-electron chi connectivity index (χ1n) is 7.53. The average Bonchev–Trinajstić information content (AvgIpc) is 2.83. The van der Waals surface area contributed by atoms with Crippen molar-refractivity contribution in [3.8, 4) is 0 Å². The number of benzene rings is 1. The Labute approximate surface area is 125 Å². The first kappa shape index (κ1) is 14.1. The molecule has 4 heteroatoms. The molecule has 1 saturated carbocycles. The molecule has 0 radical (unpaired) electrons. The summed E-state index contributed by atoms with van der Waals surface area (Å²) >= 11 is 0. The fourth-order valence-corrected chi connectivity index (χ4v) is 3.91. The molecule has 2 aliphatic rings. The van der Waals surface area contributed by atoms with Crippen molar-refractivity contribution in [3.63, 3.8) is 0 Å². The van der Waals surface area contributed by atoms with Gasteiger partial charge >= 0.3 is 5.97 Å². The zero-order valence-corrected chi connectivity index (χ0v) is 12.6. The fourth-order valence-electron chi connectivity index (χ4n) is 3.91. The van der Waals surface area contributed by atoms with Gasteiger partial charge in [-0.2, -0.15) is 0 Å². The molecule has 1 aromatic rings. The molecular weight excluding hydrogens is 266 g/mol. The summed E-state index contributed by atoms with van der Waals surface area (Å²) < 4.78 is 4.87. The third-order valence-corrected chi connectivity index (χ3v) is 5.08. The Kier molecular flexibility index (Phi) is 3.47. The summed E-state index contributed by atoms with van der Waals surface area (Å²) in [6, 6.07) is 8.18. The second kappa shape index (κ2) is 5.17. The van der Waals surface area contributed by atoms with E-state index in [9.17, 15) is 9.59 Å². The van der Waals surface area contributed by atoms with Gasteiger partial charge in [0.1, 0.15) is 0 Å². The number of methoxy groups -OCH3 is 1. The molecule has 1 fully saturated rings. The number of rotatable bonds is 1. The molecule has 112 valence electrons. The van der Waals surface area contributed by atoms with Crippen molar-refractivity contribution in [2.45, 2.75) is 38.0 Å². The Morgan fingerprint density at radius 3 is 2.52 bits per heavy atom. The van der Waals surface area contributed by atoms with Crippen LogP contribution in [-0.2, 0) is 19.7 Å². The van der Waals surface area contributed by atoms with E-state index in [1.807, 2.05) is 23.1 Å². The average molecular weight is 287 g/mol. The maximum atomic E-state index is 11.9. The lowest BCUT2D eigenvalue weighted by Crippen LogP contribution is -2.40. The summed E-state index contributed by atoms with van der Waals surface area (Å²) in [5.41, 5.74) is 2.33. The van der Waals surface area contributed by atoms with Crippen molar-refractivity contribution in [2.24, 2.45) is 5.92 Å². The van der Waals surface area contributed by atoms with E-state index in [-0.39, 0.29) is 23.2 Å². The molecule has 0 N–H and O–H groups in total. The number of carbonyl (C=O) groups excluding carboxylic acids is 2. The molecule has 1 spiro atoms. The molecule has 0 saturated heterocycles. The van der Waals surface area contributed by atoms with E-state index in [2.05, 4.69) is 6.07 Å². The lowest BCUT2D eigenvalue weighted by atomic mass is 9.68. The quantitative estimate of drug-likeness (QED) is 0.746. The van der Waals surface area contributed by atoms with Crippen molar-refractivity contribution in [1.29, 1.82) is 0 Å². The molecule has 21 heavy (non-hydrogen) atoms. The Hall–Kier alpha value is -1.84. The second-order valence-corrected chi connectivity index (χ2v) is 6.20. The van der Waals surface area contributed by atoms with Crippen molar-refractivity contribution in [2.75, 3.05) is 18.6 Å². The molecule has 1 aliphatic carbocycles. The van der Waals surface area contributed by atoms with Gasteiger partial charge in [0.15, 0.2) is 0 Å². The van der Waals surface area contributed by atoms with Crippen LogP contribution in [0.1, 0.15) is 38.2 Å². The van der Waals surface area contributed by atoms with Crippen LogP contribution in [0.2, 0.25) is 0 Å². The van der Waals surface area contributed by atoms with E-state index < -0.39 is 0 Å². The van der Waals surface area contributed by atoms with Crippen molar-refractivity contribution in [1.82, 2.24) is 0 Å². The molecule has 1 aromatic carbocycles. The van der Waals surface area contributed by atoms with E-state index >= 15 is 0 Å². The third-order valence-electron chi connectivity index (χ3n) is 5.08. The Morgan fingerprint density at radius 2 is 1.90 bits per heavy atom. The minimum atomic E-state index is -0.0976. The highest BCUT2D eigenvalue weighted by Crippen LogP contribution is 2.50. The van der Waals surface area contributed by atoms with Crippen LogP contribution in [0.15, 0.2) is 24.3 Å². The van der Waals surface area contributed by atoms with Gasteiger partial charge in [0.25, 0.3) is 0 Å². The number of carbonyl (C=O) groups is 2. The lowest BCUT2D eigenvalue weighted by Gasteiger charge is -2.36. The maximum Gasteiger partial charge on any atom is 0.308 e. The van der Waals surface area contributed by atoms with Gasteiger partial charge in [-0.25, -0.2) is 0 Å².